The van der Waals surface area contributed by atoms with Crippen molar-refractivity contribution in [1.29, 1.82) is 0 Å². The third kappa shape index (κ3) is 5.22. The van der Waals surface area contributed by atoms with Crippen LogP contribution in [0.1, 0.15) is 37.7 Å². The highest BCUT2D eigenvalue weighted by Crippen LogP contribution is 2.23. The van der Waals surface area contributed by atoms with Gasteiger partial charge in [-0.2, -0.15) is 0 Å². The summed E-state index contributed by atoms with van der Waals surface area (Å²) in [5.41, 5.74) is 1.30. The molecule has 0 fully saturated rings. The highest BCUT2D eigenvalue weighted by atomic mass is 16.5. The molecule has 0 saturated heterocycles. The van der Waals surface area contributed by atoms with Crippen molar-refractivity contribution >= 4 is 18.2 Å². The predicted molar refractivity (Wildman–Crippen MR) is 121 cm³/mol. The molecule has 8 nitrogen and oxygen atoms in total. The SMILES string of the molecule is COc1cc(/C=C/C=c2\[nH]c(=O)/c(=C/c3nc[nH]c3C(C)(C)C)[nH]c2=O)cc(OC)c1. The van der Waals surface area contributed by atoms with E-state index in [4.69, 9.17) is 9.47 Å². The van der Waals surface area contributed by atoms with Crippen LogP contribution in [-0.4, -0.2) is 34.2 Å². The lowest BCUT2D eigenvalue weighted by Crippen LogP contribution is -2.46. The van der Waals surface area contributed by atoms with Gasteiger partial charge in [0.25, 0.3) is 11.1 Å². The second kappa shape index (κ2) is 8.91. The molecule has 162 valence electrons. The largest absolute Gasteiger partial charge is 0.497 e. The molecular weight excluding hydrogens is 396 g/mol. The van der Waals surface area contributed by atoms with Crippen molar-refractivity contribution in [2.45, 2.75) is 26.2 Å². The molecule has 2 aromatic heterocycles. The van der Waals surface area contributed by atoms with Crippen LogP contribution in [0.15, 0.2) is 40.2 Å². The third-order valence-electron chi connectivity index (χ3n) is 4.61. The second-order valence-corrected chi connectivity index (χ2v) is 7.96. The minimum atomic E-state index is -0.412. The number of aromatic amines is 3. The van der Waals surface area contributed by atoms with Crippen molar-refractivity contribution in [3.63, 3.8) is 0 Å². The Balaban J connectivity index is 1.97. The van der Waals surface area contributed by atoms with Crippen LogP contribution in [0.25, 0.3) is 18.2 Å². The van der Waals surface area contributed by atoms with E-state index in [-0.39, 0.29) is 16.1 Å². The minimum absolute atomic E-state index is 0.140. The Morgan fingerprint density at radius 1 is 0.935 bits per heavy atom. The fourth-order valence-corrected chi connectivity index (χ4v) is 3.04. The van der Waals surface area contributed by atoms with Crippen molar-refractivity contribution in [1.82, 2.24) is 19.9 Å². The number of hydrogen-bond acceptors (Lipinski definition) is 5. The highest BCUT2D eigenvalue weighted by Gasteiger charge is 2.19. The highest BCUT2D eigenvalue weighted by molar-refractivity contribution is 5.60. The summed E-state index contributed by atoms with van der Waals surface area (Å²) in [4.78, 5) is 37.6. The maximum absolute atomic E-state index is 12.5. The molecule has 0 aliphatic carbocycles. The van der Waals surface area contributed by atoms with E-state index >= 15 is 0 Å². The molecule has 3 aromatic rings. The van der Waals surface area contributed by atoms with Gasteiger partial charge in [-0.15, -0.1) is 0 Å². The van der Waals surface area contributed by atoms with E-state index in [0.717, 1.165) is 11.3 Å². The van der Waals surface area contributed by atoms with Gasteiger partial charge in [-0.05, 0) is 29.8 Å². The lowest BCUT2D eigenvalue weighted by molar-refractivity contribution is 0.394. The first kappa shape index (κ1) is 21.9. The Hall–Kier alpha value is -3.81. The molecular formula is C23H26N4O4. The quantitative estimate of drug-likeness (QED) is 0.576. The van der Waals surface area contributed by atoms with E-state index in [1.165, 1.54) is 6.08 Å². The van der Waals surface area contributed by atoms with Gasteiger partial charge in [0.05, 0.1) is 26.2 Å². The molecule has 0 amide bonds. The van der Waals surface area contributed by atoms with E-state index in [2.05, 4.69) is 19.9 Å². The first-order valence-electron chi connectivity index (χ1n) is 9.71. The standard InChI is InChI=1S/C23H26N4O4/c1-23(2,3)20-18(24-13-25-20)12-19-22(29)26-17(21(28)27-19)8-6-7-14-9-15(30-4)11-16(10-14)31-5/h6-13H,1-5H3,(H,24,25)(H,26,29)(H,27,28)/b7-6+,17-8-,19-12-. The van der Waals surface area contributed by atoms with E-state index in [0.29, 0.717) is 17.2 Å². The number of allylic oxidation sites excluding steroid dienone is 1. The molecule has 0 saturated carbocycles. The smallest absolute Gasteiger partial charge is 0.272 e. The van der Waals surface area contributed by atoms with Gasteiger partial charge in [0.2, 0.25) is 0 Å². The van der Waals surface area contributed by atoms with Gasteiger partial charge in [0, 0.05) is 17.2 Å². The Morgan fingerprint density at radius 2 is 1.55 bits per heavy atom. The van der Waals surface area contributed by atoms with Gasteiger partial charge in [-0.1, -0.05) is 32.9 Å². The first-order valence-corrected chi connectivity index (χ1v) is 9.71. The van der Waals surface area contributed by atoms with Crippen molar-refractivity contribution in [3.8, 4) is 11.5 Å². The number of H-pyrrole nitrogens is 3. The second-order valence-electron chi connectivity index (χ2n) is 7.96. The van der Waals surface area contributed by atoms with Crippen LogP contribution in [0.2, 0.25) is 0 Å². The number of aromatic nitrogens is 4. The molecule has 0 unspecified atom stereocenters. The summed E-state index contributed by atoms with van der Waals surface area (Å²) in [6, 6.07) is 5.42. The van der Waals surface area contributed by atoms with Gasteiger partial charge >= 0.3 is 0 Å². The average molecular weight is 422 g/mol. The lowest BCUT2D eigenvalue weighted by Gasteiger charge is -2.16. The molecule has 3 rings (SSSR count). The maximum Gasteiger partial charge on any atom is 0.272 e. The van der Waals surface area contributed by atoms with Gasteiger partial charge < -0.3 is 24.4 Å². The van der Waals surface area contributed by atoms with Gasteiger partial charge in [-0.3, -0.25) is 9.59 Å². The number of methoxy groups -OCH3 is 2. The van der Waals surface area contributed by atoms with Crippen LogP contribution in [-0.2, 0) is 5.41 Å². The number of imidazole rings is 1. The van der Waals surface area contributed by atoms with E-state index in [9.17, 15) is 9.59 Å². The lowest BCUT2D eigenvalue weighted by atomic mass is 9.90. The summed E-state index contributed by atoms with van der Waals surface area (Å²) < 4.78 is 10.5. The number of ether oxygens (including phenoxy) is 2. The zero-order valence-electron chi connectivity index (χ0n) is 18.2. The normalized spacial score (nSPS) is 13.2. The zero-order valence-corrected chi connectivity index (χ0v) is 18.2. The fraction of sp³-hybridized carbons (Fsp3) is 0.261. The molecule has 0 radical (unpaired) electrons. The van der Waals surface area contributed by atoms with Crippen LogP contribution >= 0.6 is 0 Å². The summed E-state index contributed by atoms with van der Waals surface area (Å²) in [7, 11) is 3.15. The van der Waals surface area contributed by atoms with Crippen molar-refractivity contribution in [3.05, 3.63) is 79.0 Å². The molecule has 31 heavy (non-hydrogen) atoms. The molecule has 0 atom stereocenters. The van der Waals surface area contributed by atoms with Crippen LogP contribution in [0.3, 0.4) is 0 Å². The number of rotatable bonds is 5. The topological polar surface area (TPSA) is 113 Å². The first-order chi connectivity index (χ1) is 14.7. The third-order valence-corrected chi connectivity index (χ3v) is 4.61. The van der Waals surface area contributed by atoms with Gasteiger partial charge in [0.15, 0.2) is 0 Å². The van der Waals surface area contributed by atoms with Crippen LogP contribution in [0, 0.1) is 0 Å². The maximum atomic E-state index is 12.5. The van der Waals surface area contributed by atoms with Crippen molar-refractivity contribution < 1.29 is 9.47 Å². The molecule has 3 N–H and O–H groups in total. The summed E-state index contributed by atoms with van der Waals surface area (Å²) in [6.45, 7) is 6.10. The summed E-state index contributed by atoms with van der Waals surface area (Å²) in [5, 5.41) is 0.285. The summed E-state index contributed by atoms with van der Waals surface area (Å²) in [6.07, 6.45) is 8.12. The molecule has 0 aliphatic rings. The number of nitrogens with one attached hydrogen (secondary N) is 3. The monoisotopic (exact) mass is 422 g/mol. The molecule has 0 aliphatic heterocycles. The van der Waals surface area contributed by atoms with Crippen molar-refractivity contribution in [2.24, 2.45) is 0 Å². The summed E-state index contributed by atoms with van der Waals surface area (Å²) >= 11 is 0. The molecule has 0 bridgehead atoms. The Bertz CT molecular complexity index is 1320. The van der Waals surface area contributed by atoms with E-state index in [1.807, 2.05) is 32.9 Å². The van der Waals surface area contributed by atoms with Gasteiger partial charge in [-0.25, -0.2) is 4.98 Å². The molecule has 8 heteroatoms. The Kier molecular flexibility index (Phi) is 6.29. The van der Waals surface area contributed by atoms with Crippen molar-refractivity contribution in [2.75, 3.05) is 14.2 Å². The number of benzene rings is 1. The zero-order chi connectivity index (χ0) is 22.6. The Labute approximate surface area is 179 Å². The fourth-order valence-electron chi connectivity index (χ4n) is 3.04. The van der Waals surface area contributed by atoms with E-state index < -0.39 is 11.1 Å². The number of nitrogens with zero attached hydrogens (tertiary/aromatic N) is 1. The minimum Gasteiger partial charge on any atom is -0.497 e. The average Bonchev–Trinajstić information content (AvgIpc) is 3.20. The van der Waals surface area contributed by atoms with Gasteiger partial charge in [0.1, 0.15) is 22.2 Å². The van der Waals surface area contributed by atoms with Crippen LogP contribution in [0.4, 0.5) is 0 Å². The summed E-state index contributed by atoms with van der Waals surface area (Å²) in [5.74, 6) is 1.30. The Morgan fingerprint density at radius 3 is 2.16 bits per heavy atom. The molecule has 0 spiro atoms. The number of hydrogen-bond donors (Lipinski definition) is 3. The van der Waals surface area contributed by atoms with Crippen LogP contribution in [0.5, 0.6) is 11.5 Å². The van der Waals surface area contributed by atoms with Crippen LogP contribution < -0.4 is 31.3 Å². The molecule has 1 aromatic carbocycles. The van der Waals surface area contributed by atoms with E-state index in [1.54, 1.807) is 44.8 Å². The molecule has 2 heterocycles. The predicted octanol–water partition coefficient (Wildman–Crippen LogP) is 1.42.